The van der Waals surface area contributed by atoms with Crippen molar-refractivity contribution in [2.24, 2.45) is 0 Å². The fourth-order valence-electron chi connectivity index (χ4n) is 2.85. The van der Waals surface area contributed by atoms with Crippen molar-refractivity contribution in [2.45, 2.75) is 26.3 Å². The summed E-state index contributed by atoms with van der Waals surface area (Å²) < 4.78 is 23.1. The molecule has 25 heavy (non-hydrogen) atoms. The SMILES string of the molecule is Cc1ccc(C)c(NC(=O)c2cc(NC3CCS(=O)(=O)C3)ccn2)c1. The molecule has 6 nitrogen and oxygen atoms in total. The molecule has 132 valence electrons. The maximum Gasteiger partial charge on any atom is 0.274 e. The third-order valence-electron chi connectivity index (χ3n) is 4.24. The standard InChI is InChI=1S/C18H21N3O3S/c1-12-3-4-13(2)16(9-12)21-18(22)17-10-14(5-7-19-17)20-15-6-8-25(23,24)11-15/h3-5,7,9-10,15H,6,8,11H2,1-2H3,(H,19,20)(H,21,22). The second-order valence-corrected chi connectivity index (χ2v) is 8.68. The van der Waals surface area contributed by atoms with Gasteiger partial charge >= 0.3 is 0 Å². The first-order valence-electron chi connectivity index (χ1n) is 8.14. The van der Waals surface area contributed by atoms with Crippen LogP contribution >= 0.6 is 0 Å². The highest BCUT2D eigenvalue weighted by molar-refractivity contribution is 7.91. The molecule has 1 saturated heterocycles. The van der Waals surface area contributed by atoms with Crippen molar-refractivity contribution in [1.82, 2.24) is 4.98 Å². The lowest BCUT2D eigenvalue weighted by Gasteiger charge is -2.13. The number of hydrogen-bond donors (Lipinski definition) is 2. The van der Waals surface area contributed by atoms with Crippen LogP contribution in [0.5, 0.6) is 0 Å². The van der Waals surface area contributed by atoms with E-state index in [2.05, 4.69) is 15.6 Å². The molecule has 1 aliphatic rings. The molecular weight excluding hydrogens is 338 g/mol. The Morgan fingerprint density at radius 1 is 1.20 bits per heavy atom. The Bertz CT molecular complexity index is 910. The van der Waals surface area contributed by atoms with Crippen molar-refractivity contribution >= 4 is 27.1 Å². The van der Waals surface area contributed by atoms with E-state index in [1.165, 1.54) is 0 Å². The number of benzene rings is 1. The molecule has 1 unspecified atom stereocenters. The number of nitrogens with zero attached hydrogens (tertiary/aromatic N) is 1. The minimum atomic E-state index is -2.95. The van der Waals surface area contributed by atoms with Gasteiger partial charge in [0.05, 0.1) is 11.5 Å². The van der Waals surface area contributed by atoms with E-state index in [4.69, 9.17) is 0 Å². The quantitative estimate of drug-likeness (QED) is 0.876. The minimum Gasteiger partial charge on any atom is -0.381 e. The lowest BCUT2D eigenvalue weighted by molar-refractivity contribution is 0.102. The Morgan fingerprint density at radius 2 is 2.00 bits per heavy atom. The lowest BCUT2D eigenvalue weighted by Crippen LogP contribution is -2.21. The van der Waals surface area contributed by atoms with E-state index in [1.54, 1.807) is 18.3 Å². The van der Waals surface area contributed by atoms with Gasteiger partial charge in [-0.3, -0.25) is 9.78 Å². The molecule has 1 atom stereocenters. The van der Waals surface area contributed by atoms with Gasteiger partial charge in [-0.1, -0.05) is 12.1 Å². The molecule has 3 rings (SSSR count). The third-order valence-corrected chi connectivity index (χ3v) is 6.01. The first-order valence-corrected chi connectivity index (χ1v) is 9.96. The molecule has 1 fully saturated rings. The van der Waals surface area contributed by atoms with Gasteiger partial charge in [0.1, 0.15) is 5.69 Å². The normalized spacial score (nSPS) is 18.7. The Balaban J connectivity index is 1.72. The van der Waals surface area contributed by atoms with E-state index in [9.17, 15) is 13.2 Å². The summed E-state index contributed by atoms with van der Waals surface area (Å²) in [5, 5.41) is 6.05. The van der Waals surface area contributed by atoms with Crippen molar-refractivity contribution in [3.05, 3.63) is 53.3 Å². The van der Waals surface area contributed by atoms with Crippen molar-refractivity contribution in [3.8, 4) is 0 Å². The van der Waals surface area contributed by atoms with Gasteiger partial charge in [0, 0.05) is 23.6 Å². The fourth-order valence-corrected chi connectivity index (χ4v) is 4.52. The van der Waals surface area contributed by atoms with Crippen LogP contribution in [0.25, 0.3) is 0 Å². The molecule has 1 aromatic carbocycles. The number of nitrogens with one attached hydrogen (secondary N) is 2. The summed E-state index contributed by atoms with van der Waals surface area (Å²) in [6.45, 7) is 3.90. The average molecular weight is 359 g/mol. The second kappa shape index (κ2) is 6.84. The molecule has 0 spiro atoms. The highest BCUT2D eigenvalue weighted by Gasteiger charge is 2.27. The zero-order valence-electron chi connectivity index (χ0n) is 14.2. The predicted octanol–water partition coefficient (Wildman–Crippen LogP) is 2.55. The molecule has 0 aliphatic carbocycles. The summed E-state index contributed by atoms with van der Waals surface area (Å²) >= 11 is 0. The van der Waals surface area contributed by atoms with Gasteiger partial charge in [-0.05, 0) is 49.6 Å². The number of amides is 1. The van der Waals surface area contributed by atoms with Crippen LogP contribution in [0, 0.1) is 13.8 Å². The van der Waals surface area contributed by atoms with Crippen LogP contribution in [0.2, 0.25) is 0 Å². The van der Waals surface area contributed by atoms with Crippen LogP contribution in [0.15, 0.2) is 36.5 Å². The Morgan fingerprint density at radius 3 is 2.72 bits per heavy atom. The summed E-state index contributed by atoms with van der Waals surface area (Å²) in [5.74, 6) is 0.0334. The number of carbonyl (C=O) groups excluding carboxylic acids is 1. The van der Waals surface area contributed by atoms with Gasteiger partial charge in [0.2, 0.25) is 0 Å². The van der Waals surface area contributed by atoms with Gasteiger partial charge in [-0.25, -0.2) is 8.42 Å². The van der Waals surface area contributed by atoms with Gasteiger partial charge in [0.25, 0.3) is 5.91 Å². The maximum absolute atomic E-state index is 12.5. The average Bonchev–Trinajstić information content (AvgIpc) is 2.90. The van der Waals surface area contributed by atoms with Crippen LogP contribution in [-0.4, -0.2) is 36.9 Å². The third kappa shape index (κ3) is 4.36. The molecule has 0 bridgehead atoms. The zero-order valence-corrected chi connectivity index (χ0v) is 15.1. The molecule has 7 heteroatoms. The Hall–Kier alpha value is -2.41. The number of pyridine rings is 1. The highest BCUT2D eigenvalue weighted by atomic mass is 32.2. The largest absolute Gasteiger partial charge is 0.381 e. The second-order valence-electron chi connectivity index (χ2n) is 6.45. The fraction of sp³-hybridized carbons (Fsp3) is 0.333. The number of anilines is 2. The lowest BCUT2D eigenvalue weighted by atomic mass is 10.1. The summed E-state index contributed by atoms with van der Waals surface area (Å²) in [6, 6.07) is 9.12. The van der Waals surface area contributed by atoms with Gasteiger partial charge in [-0.15, -0.1) is 0 Å². The summed E-state index contributed by atoms with van der Waals surface area (Å²) in [5.41, 5.74) is 3.78. The Kier molecular flexibility index (Phi) is 4.76. The van der Waals surface area contributed by atoms with Crippen LogP contribution in [0.3, 0.4) is 0 Å². The number of sulfone groups is 1. The van der Waals surface area contributed by atoms with Crippen LogP contribution < -0.4 is 10.6 Å². The van der Waals surface area contributed by atoms with Crippen molar-refractivity contribution < 1.29 is 13.2 Å². The van der Waals surface area contributed by atoms with Crippen molar-refractivity contribution in [2.75, 3.05) is 22.1 Å². The topological polar surface area (TPSA) is 88.2 Å². The molecule has 2 heterocycles. The summed E-state index contributed by atoms with van der Waals surface area (Å²) in [7, 11) is -2.95. The summed E-state index contributed by atoms with van der Waals surface area (Å²) in [6.07, 6.45) is 2.12. The molecule has 2 aromatic rings. The molecule has 1 aromatic heterocycles. The van der Waals surface area contributed by atoms with Crippen molar-refractivity contribution in [3.63, 3.8) is 0 Å². The first-order chi connectivity index (χ1) is 11.8. The summed E-state index contributed by atoms with van der Waals surface area (Å²) in [4.78, 5) is 16.6. The number of hydrogen-bond acceptors (Lipinski definition) is 5. The molecule has 1 aliphatic heterocycles. The number of carbonyl (C=O) groups is 1. The predicted molar refractivity (Wildman–Crippen MR) is 98.8 cm³/mol. The first kappa shape index (κ1) is 17.4. The van der Waals surface area contributed by atoms with Crippen molar-refractivity contribution in [1.29, 1.82) is 0 Å². The molecule has 2 N–H and O–H groups in total. The van der Waals surface area contributed by atoms with E-state index >= 15 is 0 Å². The zero-order chi connectivity index (χ0) is 18.0. The smallest absolute Gasteiger partial charge is 0.274 e. The molecule has 0 saturated carbocycles. The monoisotopic (exact) mass is 359 g/mol. The van der Waals surface area contributed by atoms with E-state index in [-0.39, 0.29) is 29.1 Å². The number of rotatable bonds is 4. The van der Waals surface area contributed by atoms with Crippen LogP contribution in [0.1, 0.15) is 28.0 Å². The molecular formula is C18H21N3O3S. The minimum absolute atomic E-state index is 0.123. The van der Waals surface area contributed by atoms with Crippen LogP contribution in [-0.2, 0) is 9.84 Å². The van der Waals surface area contributed by atoms with Crippen LogP contribution in [0.4, 0.5) is 11.4 Å². The Labute approximate surface area is 147 Å². The van der Waals surface area contributed by atoms with E-state index in [0.29, 0.717) is 12.1 Å². The number of aromatic nitrogens is 1. The maximum atomic E-state index is 12.5. The molecule has 0 radical (unpaired) electrons. The van der Waals surface area contributed by atoms with Gasteiger partial charge < -0.3 is 10.6 Å². The van der Waals surface area contributed by atoms with Gasteiger partial charge in [-0.2, -0.15) is 0 Å². The number of aryl methyl sites for hydroxylation is 2. The molecule has 1 amide bonds. The van der Waals surface area contributed by atoms with Gasteiger partial charge in [0.15, 0.2) is 9.84 Å². The van der Waals surface area contributed by atoms with E-state index in [0.717, 1.165) is 16.8 Å². The van der Waals surface area contributed by atoms with E-state index < -0.39 is 9.84 Å². The van der Waals surface area contributed by atoms with E-state index in [1.807, 2.05) is 32.0 Å². The highest BCUT2D eigenvalue weighted by Crippen LogP contribution is 2.20.